The molecule has 1 aromatic carbocycles. The van der Waals surface area contributed by atoms with Crippen molar-refractivity contribution in [1.29, 1.82) is 0 Å². The minimum Gasteiger partial charge on any atom is -0.400 e. The van der Waals surface area contributed by atoms with Crippen LogP contribution in [0.5, 0.6) is 0 Å². The third-order valence-corrected chi connectivity index (χ3v) is 7.99. The molecular formula is C25H29FN2OS. The lowest BCUT2D eigenvalue weighted by atomic mass is 9.59. The van der Waals surface area contributed by atoms with Gasteiger partial charge in [0.25, 0.3) is 0 Å². The standard InChI is InChI=1S/C24H25FN2S.CH4O/c1-16(22-7-4-12-28-22)20-6-3-5-18-13-21-23(17-8-10-19(25)11-9-17)26-15-27(21)14-24(18,20)2;1-2/h4,7-13,15-16,20H,3,5-6,14H2,1-2H3;2H,1H3. The first-order valence-electron chi connectivity index (χ1n) is 10.6. The third-order valence-electron chi connectivity index (χ3n) is 6.91. The highest BCUT2D eigenvalue weighted by Crippen LogP contribution is 2.54. The molecule has 1 saturated carbocycles. The average Bonchev–Trinajstić information content (AvgIpc) is 3.43. The first-order valence-corrected chi connectivity index (χ1v) is 11.4. The smallest absolute Gasteiger partial charge is 0.123 e. The summed E-state index contributed by atoms with van der Waals surface area (Å²) in [7, 11) is 1.00. The SMILES string of the molecule is CC(c1cccs1)C1CCCC2=Cc3c(-c4ccc(F)cc4)ncn3CC21C.CO. The van der Waals surface area contributed by atoms with Gasteiger partial charge >= 0.3 is 0 Å². The molecule has 0 saturated heterocycles. The number of aliphatic hydroxyl groups excluding tert-OH is 1. The van der Waals surface area contributed by atoms with Crippen LogP contribution in [0.1, 0.15) is 49.6 Å². The van der Waals surface area contributed by atoms with Crippen LogP contribution in [0.3, 0.4) is 0 Å². The van der Waals surface area contributed by atoms with E-state index < -0.39 is 0 Å². The van der Waals surface area contributed by atoms with Crippen molar-refractivity contribution >= 4 is 17.4 Å². The van der Waals surface area contributed by atoms with E-state index in [1.165, 1.54) is 35.5 Å². The maximum atomic E-state index is 13.3. The fourth-order valence-corrected chi connectivity index (χ4v) is 6.23. The number of hydrogen-bond donors (Lipinski definition) is 1. The highest BCUT2D eigenvalue weighted by molar-refractivity contribution is 7.10. The Morgan fingerprint density at radius 1 is 1.23 bits per heavy atom. The predicted molar refractivity (Wildman–Crippen MR) is 122 cm³/mol. The van der Waals surface area contributed by atoms with Gasteiger partial charge in [-0.1, -0.05) is 25.5 Å². The summed E-state index contributed by atoms with van der Waals surface area (Å²) in [4.78, 5) is 6.20. The molecule has 1 fully saturated rings. The normalized spacial score (nSPS) is 23.5. The average molecular weight is 425 g/mol. The molecule has 5 rings (SSSR count). The number of hydrogen-bond acceptors (Lipinski definition) is 3. The van der Waals surface area contributed by atoms with Crippen molar-refractivity contribution in [2.75, 3.05) is 7.11 Å². The van der Waals surface area contributed by atoms with E-state index in [2.05, 4.69) is 42.0 Å². The molecule has 0 radical (unpaired) electrons. The highest BCUT2D eigenvalue weighted by Gasteiger charge is 2.45. The number of nitrogens with zero attached hydrogens (tertiary/aromatic N) is 2. The fraction of sp³-hybridized carbons (Fsp3) is 0.400. The molecular weight excluding hydrogens is 395 g/mol. The lowest BCUT2D eigenvalue weighted by Crippen LogP contribution is -2.41. The van der Waals surface area contributed by atoms with E-state index in [1.807, 2.05) is 29.8 Å². The molecule has 0 spiro atoms. The molecule has 1 aliphatic carbocycles. The van der Waals surface area contributed by atoms with Gasteiger partial charge < -0.3 is 9.67 Å². The van der Waals surface area contributed by atoms with E-state index in [0.717, 1.165) is 31.3 Å². The Hall–Kier alpha value is -2.24. The quantitative estimate of drug-likeness (QED) is 0.531. The number of benzene rings is 1. The Balaban J connectivity index is 0.00000106. The Bertz CT molecular complexity index is 1020. The summed E-state index contributed by atoms with van der Waals surface area (Å²) >= 11 is 1.88. The van der Waals surface area contributed by atoms with Gasteiger partial charge in [0.1, 0.15) is 5.82 Å². The number of fused-ring (bicyclic) bond motifs is 2. The van der Waals surface area contributed by atoms with Crippen LogP contribution in [0, 0.1) is 17.2 Å². The lowest BCUT2D eigenvalue weighted by Gasteiger charge is -2.48. The van der Waals surface area contributed by atoms with Gasteiger partial charge in [-0.05, 0) is 72.9 Å². The molecule has 158 valence electrons. The Morgan fingerprint density at radius 3 is 2.70 bits per heavy atom. The number of allylic oxidation sites excluding steroid dienone is 1. The number of thiophene rings is 1. The molecule has 1 N–H and O–H groups in total. The number of aliphatic hydroxyl groups is 1. The number of aromatic nitrogens is 2. The molecule has 3 unspecified atom stereocenters. The molecule has 3 aromatic rings. The number of rotatable bonds is 3. The van der Waals surface area contributed by atoms with E-state index in [4.69, 9.17) is 10.1 Å². The van der Waals surface area contributed by atoms with E-state index in [0.29, 0.717) is 11.8 Å². The minimum atomic E-state index is -0.208. The van der Waals surface area contributed by atoms with Crippen LogP contribution < -0.4 is 0 Å². The van der Waals surface area contributed by atoms with E-state index in [-0.39, 0.29) is 11.2 Å². The molecule has 3 nitrogen and oxygen atoms in total. The van der Waals surface area contributed by atoms with Crippen molar-refractivity contribution in [3.63, 3.8) is 0 Å². The fourth-order valence-electron chi connectivity index (χ4n) is 5.38. The molecule has 30 heavy (non-hydrogen) atoms. The topological polar surface area (TPSA) is 38.0 Å². The second-order valence-corrected chi connectivity index (χ2v) is 9.48. The Labute approximate surface area is 181 Å². The molecule has 3 heterocycles. The first kappa shape index (κ1) is 21.0. The molecule has 5 heteroatoms. The zero-order valence-electron chi connectivity index (χ0n) is 17.8. The summed E-state index contributed by atoms with van der Waals surface area (Å²) in [6.45, 7) is 5.83. The highest BCUT2D eigenvalue weighted by atomic mass is 32.1. The summed E-state index contributed by atoms with van der Waals surface area (Å²) in [5, 5.41) is 9.19. The Kier molecular flexibility index (Phi) is 5.94. The lowest BCUT2D eigenvalue weighted by molar-refractivity contribution is 0.131. The van der Waals surface area contributed by atoms with Gasteiger partial charge in [0.2, 0.25) is 0 Å². The maximum Gasteiger partial charge on any atom is 0.123 e. The van der Waals surface area contributed by atoms with Crippen molar-refractivity contribution in [2.24, 2.45) is 11.3 Å². The summed E-state index contributed by atoms with van der Waals surface area (Å²) < 4.78 is 15.6. The van der Waals surface area contributed by atoms with E-state index in [9.17, 15) is 4.39 Å². The summed E-state index contributed by atoms with van der Waals surface area (Å²) in [5.74, 6) is 0.992. The van der Waals surface area contributed by atoms with Gasteiger partial charge in [0.05, 0.1) is 17.7 Å². The molecule has 1 aliphatic heterocycles. The van der Waals surface area contributed by atoms with Crippen molar-refractivity contribution in [2.45, 2.75) is 45.6 Å². The van der Waals surface area contributed by atoms with Crippen LogP contribution in [0.4, 0.5) is 4.39 Å². The van der Waals surface area contributed by atoms with Gasteiger partial charge in [-0.15, -0.1) is 11.3 Å². The monoisotopic (exact) mass is 424 g/mol. The molecule has 0 amide bonds. The van der Waals surface area contributed by atoms with E-state index >= 15 is 0 Å². The van der Waals surface area contributed by atoms with Crippen LogP contribution in [-0.4, -0.2) is 21.8 Å². The van der Waals surface area contributed by atoms with Crippen molar-refractivity contribution in [3.8, 4) is 11.3 Å². The summed E-state index contributed by atoms with van der Waals surface area (Å²) in [6, 6.07) is 11.1. The number of halogens is 1. The summed E-state index contributed by atoms with van der Waals surface area (Å²) in [6.07, 6.45) is 8.04. The van der Waals surface area contributed by atoms with Gasteiger partial charge in [0.15, 0.2) is 0 Å². The number of imidazole rings is 1. The van der Waals surface area contributed by atoms with Crippen molar-refractivity contribution in [1.82, 2.24) is 9.55 Å². The van der Waals surface area contributed by atoms with Crippen LogP contribution >= 0.6 is 11.3 Å². The van der Waals surface area contributed by atoms with E-state index in [1.54, 1.807) is 5.57 Å². The second kappa shape index (κ2) is 8.48. The van der Waals surface area contributed by atoms with Gasteiger partial charge in [-0.3, -0.25) is 0 Å². The molecule has 2 aromatic heterocycles. The predicted octanol–water partition coefficient (Wildman–Crippen LogP) is 6.37. The van der Waals surface area contributed by atoms with Crippen LogP contribution in [-0.2, 0) is 6.54 Å². The Morgan fingerprint density at radius 2 is 2.00 bits per heavy atom. The summed E-state index contributed by atoms with van der Waals surface area (Å²) in [5.41, 5.74) is 4.83. The zero-order valence-corrected chi connectivity index (χ0v) is 18.6. The van der Waals surface area contributed by atoms with Crippen molar-refractivity contribution in [3.05, 3.63) is 70.1 Å². The zero-order chi connectivity index (χ0) is 21.3. The van der Waals surface area contributed by atoms with Gasteiger partial charge in [-0.2, -0.15) is 0 Å². The minimum absolute atomic E-state index is 0.162. The molecule has 3 atom stereocenters. The van der Waals surface area contributed by atoms with Gasteiger partial charge in [0, 0.05) is 29.5 Å². The van der Waals surface area contributed by atoms with Crippen molar-refractivity contribution < 1.29 is 9.50 Å². The third kappa shape index (κ3) is 3.54. The molecule has 0 bridgehead atoms. The second-order valence-electron chi connectivity index (χ2n) is 8.50. The van der Waals surface area contributed by atoms with Crippen LogP contribution in [0.2, 0.25) is 0 Å². The first-order chi connectivity index (χ1) is 14.6. The molecule has 2 aliphatic rings. The van der Waals surface area contributed by atoms with Gasteiger partial charge in [-0.25, -0.2) is 9.37 Å². The maximum absolute atomic E-state index is 13.3. The van der Waals surface area contributed by atoms with Crippen LogP contribution in [0.15, 0.2) is 53.7 Å². The van der Waals surface area contributed by atoms with Crippen LogP contribution in [0.25, 0.3) is 17.3 Å². The largest absolute Gasteiger partial charge is 0.400 e.